The number of rotatable bonds is 3. The van der Waals surface area contributed by atoms with Gasteiger partial charge in [-0.25, -0.2) is 9.97 Å². The largest absolute Gasteiger partial charge is 0.458 e. The summed E-state index contributed by atoms with van der Waals surface area (Å²) in [6.07, 6.45) is 8.49. The molecule has 0 aliphatic carbocycles. The SMILES string of the molecule is C/C=C/C(=O)N1CCC[C@@H](Oc2ncccn2)C1. The van der Waals surface area contributed by atoms with Crippen LogP contribution < -0.4 is 4.74 Å². The van der Waals surface area contributed by atoms with Gasteiger partial charge in [0, 0.05) is 18.9 Å². The molecule has 5 heteroatoms. The van der Waals surface area contributed by atoms with E-state index < -0.39 is 0 Å². The number of likely N-dealkylation sites (tertiary alicyclic amines) is 1. The summed E-state index contributed by atoms with van der Waals surface area (Å²) in [7, 11) is 0. The van der Waals surface area contributed by atoms with Crippen LogP contribution in [0.5, 0.6) is 6.01 Å². The fourth-order valence-electron chi connectivity index (χ4n) is 1.98. The van der Waals surface area contributed by atoms with Crippen molar-refractivity contribution < 1.29 is 9.53 Å². The maximum absolute atomic E-state index is 11.7. The Kier molecular flexibility index (Phi) is 4.28. The van der Waals surface area contributed by atoms with Crippen molar-refractivity contribution >= 4 is 5.91 Å². The van der Waals surface area contributed by atoms with Crippen LogP contribution in [0.1, 0.15) is 19.8 Å². The fraction of sp³-hybridized carbons (Fsp3) is 0.462. The number of allylic oxidation sites excluding steroid dienone is 1. The van der Waals surface area contributed by atoms with Crippen molar-refractivity contribution in [3.05, 3.63) is 30.6 Å². The molecule has 1 amide bonds. The zero-order chi connectivity index (χ0) is 12.8. The molecule has 1 atom stereocenters. The molecular formula is C13H17N3O2. The van der Waals surface area contributed by atoms with Gasteiger partial charge in [-0.15, -0.1) is 0 Å². The van der Waals surface area contributed by atoms with E-state index in [0.29, 0.717) is 12.6 Å². The number of carbonyl (C=O) groups is 1. The quantitative estimate of drug-likeness (QED) is 0.758. The van der Waals surface area contributed by atoms with Gasteiger partial charge in [0.05, 0.1) is 6.54 Å². The first-order chi connectivity index (χ1) is 8.79. The normalized spacial score (nSPS) is 20.1. The molecule has 0 unspecified atom stereocenters. The van der Waals surface area contributed by atoms with E-state index in [1.165, 1.54) is 0 Å². The Morgan fingerprint density at radius 1 is 1.50 bits per heavy atom. The van der Waals surface area contributed by atoms with Crippen molar-refractivity contribution in [1.29, 1.82) is 0 Å². The van der Waals surface area contributed by atoms with Crippen LogP contribution >= 0.6 is 0 Å². The lowest BCUT2D eigenvalue weighted by Crippen LogP contribution is -2.43. The van der Waals surface area contributed by atoms with Crippen LogP contribution in [0.25, 0.3) is 0 Å². The fourth-order valence-corrected chi connectivity index (χ4v) is 1.98. The second-order valence-corrected chi connectivity index (χ2v) is 4.20. The predicted octanol–water partition coefficient (Wildman–Crippen LogP) is 1.42. The Hall–Kier alpha value is -1.91. The third kappa shape index (κ3) is 3.29. The average Bonchev–Trinajstić information content (AvgIpc) is 2.40. The van der Waals surface area contributed by atoms with E-state index in [2.05, 4.69) is 9.97 Å². The topological polar surface area (TPSA) is 55.3 Å². The zero-order valence-corrected chi connectivity index (χ0v) is 10.5. The second-order valence-electron chi connectivity index (χ2n) is 4.20. The summed E-state index contributed by atoms with van der Waals surface area (Å²) in [5, 5.41) is 0. The standard InChI is InChI=1S/C13H17N3O2/c1-2-5-12(17)16-9-3-6-11(10-16)18-13-14-7-4-8-15-13/h2,4-5,7-8,11H,3,6,9-10H2,1H3/b5-2+/t11-/m1/s1. The molecule has 0 bridgehead atoms. The lowest BCUT2D eigenvalue weighted by atomic mass is 10.1. The molecule has 0 saturated carbocycles. The van der Waals surface area contributed by atoms with E-state index in [1.807, 2.05) is 6.92 Å². The molecule has 2 rings (SSSR count). The summed E-state index contributed by atoms with van der Waals surface area (Å²) >= 11 is 0. The lowest BCUT2D eigenvalue weighted by Gasteiger charge is -2.31. The van der Waals surface area contributed by atoms with Gasteiger partial charge >= 0.3 is 6.01 Å². The Balaban J connectivity index is 1.93. The molecular weight excluding hydrogens is 230 g/mol. The summed E-state index contributed by atoms with van der Waals surface area (Å²) in [6.45, 7) is 3.23. The first-order valence-corrected chi connectivity index (χ1v) is 6.15. The van der Waals surface area contributed by atoms with Gasteiger partial charge in [0.15, 0.2) is 0 Å². The molecule has 0 aromatic carbocycles. The molecule has 0 spiro atoms. The lowest BCUT2D eigenvalue weighted by molar-refractivity contribution is -0.128. The molecule has 1 aliphatic rings. The molecule has 1 fully saturated rings. The molecule has 5 nitrogen and oxygen atoms in total. The van der Waals surface area contributed by atoms with Gasteiger partial charge in [0.25, 0.3) is 0 Å². The molecule has 1 saturated heterocycles. The molecule has 1 aromatic rings. The van der Waals surface area contributed by atoms with Gasteiger partial charge in [-0.1, -0.05) is 6.08 Å². The van der Waals surface area contributed by atoms with E-state index in [1.54, 1.807) is 35.5 Å². The minimum absolute atomic E-state index is 0.0182. The second kappa shape index (κ2) is 6.14. The van der Waals surface area contributed by atoms with Crippen LogP contribution in [0.3, 0.4) is 0 Å². The molecule has 0 radical (unpaired) electrons. The Morgan fingerprint density at radius 3 is 3.00 bits per heavy atom. The van der Waals surface area contributed by atoms with Crippen molar-refractivity contribution in [2.75, 3.05) is 13.1 Å². The summed E-state index contributed by atoms with van der Waals surface area (Å²) in [5.41, 5.74) is 0. The molecule has 1 aliphatic heterocycles. The van der Waals surface area contributed by atoms with Gasteiger partial charge < -0.3 is 9.64 Å². The van der Waals surface area contributed by atoms with Crippen molar-refractivity contribution in [3.63, 3.8) is 0 Å². The Bertz CT molecular complexity index is 420. The van der Waals surface area contributed by atoms with Gasteiger partial charge in [0.2, 0.25) is 5.91 Å². The smallest absolute Gasteiger partial charge is 0.316 e. The van der Waals surface area contributed by atoms with E-state index in [9.17, 15) is 4.79 Å². The monoisotopic (exact) mass is 247 g/mol. The van der Waals surface area contributed by atoms with Crippen molar-refractivity contribution in [2.24, 2.45) is 0 Å². The maximum Gasteiger partial charge on any atom is 0.316 e. The number of nitrogens with zero attached hydrogens (tertiary/aromatic N) is 3. The van der Waals surface area contributed by atoms with E-state index in [0.717, 1.165) is 19.4 Å². The number of hydrogen-bond acceptors (Lipinski definition) is 4. The minimum Gasteiger partial charge on any atom is -0.458 e. The number of piperidine rings is 1. The minimum atomic E-state index is -0.0182. The number of ether oxygens (including phenoxy) is 1. The summed E-state index contributed by atoms with van der Waals surface area (Å²) < 4.78 is 5.67. The number of amides is 1. The van der Waals surface area contributed by atoms with Crippen LogP contribution in [-0.2, 0) is 4.79 Å². The summed E-state index contributed by atoms with van der Waals surface area (Å²) in [5.74, 6) is 0.0415. The van der Waals surface area contributed by atoms with Crippen LogP contribution in [0, 0.1) is 0 Å². The van der Waals surface area contributed by atoms with Gasteiger partial charge in [0.1, 0.15) is 6.10 Å². The van der Waals surface area contributed by atoms with Crippen LogP contribution in [0.2, 0.25) is 0 Å². The first-order valence-electron chi connectivity index (χ1n) is 6.15. The highest BCUT2D eigenvalue weighted by atomic mass is 16.5. The highest BCUT2D eigenvalue weighted by Crippen LogP contribution is 2.15. The molecule has 96 valence electrons. The third-order valence-electron chi connectivity index (χ3n) is 2.81. The first kappa shape index (κ1) is 12.5. The number of aromatic nitrogens is 2. The highest BCUT2D eigenvalue weighted by Gasteiger charge is 2.24. The van der Waals surface area contributed by atoms with Crippen molar-refractivity contribution in [2.45, 2.75) is 25.9 Å². The zero-order valence-electron chi connectivity index (χ0n) is 10.5. The number of hydrogen-bond donors (Lipinski definition) is 0. The predicted molar refractivity (Wildman–Crippen MR) is 67.1 cm³/mol. The Labute approximate surface area is 106 Å². The Morgan fingerprint density at radius 2 is 2.28 bits per heavy atom. The van der Waals surface area contributed by atoms with Crippen LogP contribution in [0.4, 0.5) is 0 Å². The van der Waals surface area contributed by atoms with E-state index in [4.69, 9.17) is 4.74 Å². The van der Waals surface area contributed by atoms with Crippen LogP contribution in [-0.4, -0.2) is 40.0 Å². The molecule has 0 N–H and O–H groups in total. The van der Waals surface area contributed by atoms with Gasteiger partial charge in [-0.05, 0) is 31.9 Å². The average molecular weight is 247 g/mol. The summed E-state index contributed by atoms with van der Waals surface area (Å²) in [4.78, 5) is 21.6. The number of carbonyl (C=O) groups excluding carboxylic acids is 1. The third-order valence-corrected chi connectivity index (χ3v) is 2.81. The highest BCUT2D eigenvalue weighted by molar-refractivity contribution is 5.87. The molecule has 18 heavy (non-hydrogen) atoms. The van der Waals surface area contributed by atoms with Crippen molar-refractivity contribution in [1.82, 2.24) is 14.9 Å². The molecule has 1 aromatic heterocycles. The van der Waals surface area contributed by atoms with Gasteiger partial charge in [-0.3, -0.25) is 4.79 Å². The van der Waals surface area contributed by atoms with Crippen LogP contribution in [0.15, 0.2) is 30.6 Å². The summed E-state index contributed by atoms with van der Waals surface area (Å²) in [6, 6.07) is 2.12. The van der Waals surface area contributed by atoms with Gasteiger partial charge in [-0.2, -0.15) is 0 Å². The van der Waals surface area contributed by atoms with Crippen molar-refractivity contribution in [3.8, 4) is 6.01 Å². The molecule has 2 heterocycles. The maximum atomic E-state index is 11.7. The van der Waals surface area contributed by atoms with E-state index in [-0.39, 0.29) is 12.0 Å². The van der Waals surface area contributed by atoms with E-state index >= 15 is 0 Å².